The number of carbonyl (C=O) groups is 1. The van der Waals surface area contributed by atoms with Crippen molar-refractivity contribution in [2.45, 2.75) is 6.04 Å². The zero-order valence-corrected chi connectivity index (χ0v) is 10.9. The number of carboxylic acid groups (broad SMARTS) is 1. The predicted octanol–water partition coefficient (Wildman–Crippen LogP) is 0.599. The summed E-state index contributed by atoms with van der Waals surface area (Å²) in [6, 6.07) is 3.75. The van der Waals surface area contributed by atoms with Gasteiger partial charge in [0.05, 0.1) is 4.92 Å². The molecule has 21 heavy (non-hydrogen) atoms. The van der Waals surface area contributed by atoms with E-state index in [2.05, 4.69) is 10.3 Å². The number of benzene rings is 1. The van der Waals surface area contributed by atoms with Crippen LogP contribution in [0.1, 0.15) is 0 Å². The number of hydrogen-bond acceptors (Lipinski definition) is 7. The van der Waals surface area contributed by atoms with E-state index in [-0.39, 0.29) is 18.2 Å². The van der Waals surface area contributed by atoms with Gasteiger partial charge in [-0.3, -0.25) is 14.9 Å². The third kappa shape index (κ3) is 2.50. The number of carboxylic acids is 1. The lowest BCUT2D eigenvalue weighted by molar-refractivity contribution is -0.384. The number of aliphatic carboxylic acids is 1. The van der Waals surface area contributed by atoms with Crippen molar-refractivity contribution in [1.29, 1.82) is 0 Å². The van der Waals surface area contributed by atoms with E-state index >= 15 is 0 Å². The van der Waals surface area contributed by atoms with Crippen LogP contribution in [-0.2, 0) is 4.79 Å². The Bertz CT molecular complexity index is 713. The van der Waals surface area contributed by atoms with E-state index in [1.807, 2.05) is 0 Å². The van der Waals surface area contributed by atoms with Crippen molar-refractivity contribution < 1.29 is 19.2 Å². The first-order valence-corrected chi connectivity index (χ1v) is 6.31. The van der Waals surface area contributed by atoms with Gasteiger partial charge in [-0.2, -0.15) is 4.98 Å². The number of oxazole rings is 1. The largest absolute Gasteiger partial charge is 0.480 e. The molecule has 1 atom stereocenters. The Balaban J connectivity index is 1.90. The molecule has 1 aromatic heterocycles. The number of nitro groups is 1. The fraction of sp³-hybridized carbons (Fsp3) is 0.333. The van der Waals surface area contributed by atoms with Crippen LogP contribution in [-0.4, -0.2) is 46.7 Å². The molecule has 1 fully saturated rings. The molecule has 110 valence electrons. The summed E-state index contributed by atoms with van der Waals surface area (Å²) in [5.74, 6) is -0.938. The molecule has 0 radical (unpaired) electrons. The molecule has 1 aliphatic rings. The number of anilines is 1. The lowest BCUT2D eigenvalue weighted by atomic mass is 10.2. The molecule has 3 rings (SSSR count). The molecule has 2 heterocycles. The minimum absolute atomic E-state index is 0.0638. The van der Waals surface area contributed by atoms with Gasteiger partial charge in [0.2, 0.25) is 0 Å². The van der Waals surface area contributed by atoms with Crippen LogP contribution in [0, 0.1) is 10.1 Å². The van der Waals surface area contributed by atoms with E-state index in [1.165, 1.54) is 18.2 Å². The number of piperazine rings is 1. The number of rotatable bonds is 3. The zero-order chi connectivity index (χ0) is 15.0. The van der Waals surface area contributed by atoms with E-state index in [0.29, 0.717) is 24.2 Å². The summed E-state index contributed by atoms with van der Waals surface area (Å²) in [4.78, 5) is 27.2. The normalized spacial score (nSPS) is 18.9. The Hall–Kier alpha value is -2.68. The van der Waals surface area contributed by atoms with Crippen molar-refractivity contribution >= 4 is 28.8 Å². The van der Waals surface area contributed by atoms with Gasteiger partial charge < -0.3 is 19.7 Å². The van der Waals surface area contributed by atoms with Crippen LogP contribution >= 0.6 is 0 Å². The third-order valence-electron chi connectivity index (χ3n) is 3.31. The molecule has 0 saturated carbocycles. The van der Waals surface area contributed by atoms with E-state index in [9.17, 15) is 14.9 Å². The average molecular weight is 292 g/mol. The Morgan fingerprint density at radius 1 is 1.57 bits per heavy atom. The summed E-state index contributed by atoms with van der Waals surface area (Å²) >= 11 is 0. The first-order valence-electron chi connectivity index (χ1n) is 6.31. The zero-order valence-electron chi connectivity index (χ0n) is 10.9. The fourth-order valence-electron chi connectivity index (χ4n) is 2.24. The summed E-state index contributed by atoms with van der Waals surface area (Å²) < 4.78 is 5.54. The van der Waals surface area contributed by atoms with Crippen LogP contribution in [0.4, 0.5) is 11.7 Å². The Morgan fingerprint density at radius 3 is 3.10 bits per heavy atom. The highest BCUT2D eigenvalue weighted by Crippen LogP contribution is 2.26. The number of nitrogens with zero attached hydrogens (tertiary/aromatic N) is 3. The summed E-state index contributed by atoms with van der Waals surface area (Å²) in [5, 5.41) is 22.6. The second-order valence-corrected chi connectivity index (χ2v) is 4.70. The molecule has 0 bridgehead atoms. The smallest absolute Gasteiger partial charge is 0.322 e. The van der Waals surface area contributed by atoms with E-state index in [0.717, 1.165) is 0 Å². The topological polar surface area (TPSA) is 122 Å². The van der Waals surface area contributed by atoms with Crippen molar-refractivity contribution in [1.82, 2.24) is 10.3 Å². The number of hydrogen-bond donors (Lipinski definition) is 2. The SMILES string of the molecule is O=C(O)[C@H]1CN(c2nc3cc([N+](=O)[O-])ccc3o2)CCN1. The first kappa shape index (κ1) is 13.3. The molecule has 2 aromatic rings. The van der Waals surface area contributed by atoms with Gasteiger partial charge in [-0.05, 0) is 6.07 Å². The molecular formula is C12H12N4O5. The van der Waals surface area contributed by atoms with E-state index in [4.69, 9.17) is 9.52 Å². The standard InChI is InChI=1S/C12H12N4O5/c17-11(18)9-6-15(4-3-13-9)12-14-8-5-7(16(19)20)1-2-10(8)21-12/h1-2,5,9,13H,3-4,6H2,(H,17,18)/t9-/m1/s1. The first-order chi connectivity index (χ1) is 10.0. The summed E-state index contributed by atoms with van der Waals surface area (Å²) in [6.07, 6.45) is 0. The number of nitro benzene ring substituents is 1. The Labute approximate surface area is 118 Å². The second kappa shape index (κ2) is 5.02. The molecule has 2 N–H and O–H groups in total. The monoisotopic (exact) mass is 292 g/mol. The lowest BCUT2D eigenvalue weighted by Crippen LogP contribution is -2.54. The van der Waals surface area contributed by atoms with Gasteiger partial charge in [0, 0.05) is 31.8 Å². The van der Waals surface area contributed by atoms with Crippen LogP contribution in [0.25, 0.3) is 11.1 Å². The van der Waals surface area contributed by atoms with Gasteiger partial charge in [0.15, 0.2) is 5.58 Å². The third-order valence-corrected chi connectivity index (χ3v) is 3.31. The lowest BCUT2D eigenvalue weighted by Gasteiger charge is -2.30. The van der Waals surface area contributed by atoms with Crippen molar-refractivity contribution in [3.05, 3.63) is 28.3 Å². The summed E-state index contributed by atoms with van der Waals surface area (Å²) in [7, 11) is 0. The van der Waals surface area contributed by atoms with Gasteiger partial charge in [-0.25, -0.2) is 0 Å². The maximum Gasteiger partial charge on any atom is 0.322 e. The van der Waals surface area contributed by atoms with Crippen LogP contribution in [0.2, 0.25) is 0 Å². The molecule has 9 heteroatoms. The second-order valence-electron chi connectivity index (χ2n) is 4.70. The molecule has 0 unspecified atom stereocenters. The van der Waals surface area contributed by atoms with Crippen molar-refractivity contribution in [3.63, 3.8) is 0 Å². The number of fused-ring (bicyclic) bond motifs is 1. The highest BCUT2D eigenvalue weighted by molar-refractivity contribution is 5.78. The molecule has 1 aromatic carbocycles. The molecule has 1 aliphatic heterocycles. The van der Waals surface area contributed by atoms with E-state index in [1.54, 1.807) is 4.90 Å². The van der Waals surface area contributed by atoms with Gasteiger partial charge in [0.1, 0.15) is 11.6 Å². The van der Waals surface area contributed by atoms with Gasteiger partial charge in [-0.15, -0.1) is 0 Å². The molecule has 1 saturated heterocycles. The summed E-state index contributed by atoms with van der Waals surface area (Å²) in [6.45, 7) is 1.28. The van der Waals surface area contributed by atoms with E-state index < -0.39 is 16.9 Å². The number of nitrogens with one attached hydrogen (secondary N) is 1. The molecule has 9 nitrogen and oxygen atoms in total. The predicted molar refractivity (Wildman–Crippen MR) is 72.3 cm³/mol. The Kier molecular flexibility index (Phi) is 3.18. The summed E-state index contributed by atoms with van der Waals surface area (Å²) in [5.41, 5.74) is 0.747. The minimum atomic E-state index is -0.938. The van der Waals surface area contributed by atoms with Crippen molar-refractivity contribution in [3.8, 4) is 0 Å². The van der Waals surface area contributed by atoms with Crippen molar-refractivity contribution in [2.24, 2.45) is 0 Å². The molecule has 0 aliphatic carbocycles. The van der Waals surface area contributed by atoms with Gasteiger partial charge in [-0.1, -0.05) is 0 Å². The highest BCUT2D eigenvalue weighted by Gasteiger charge is 2.27. The van der Waals surface area contributed by atoms with Crippen LogP contribution in [0.5, 0.6) is 0 Å². The fourth-order valence-corrected chi connectivity index (χ4v) is 2.24. The maximum atomic E-state index is 11.0. The average Bonchev–Trinajstić information content (AvgIpc) is 2.90. The number of aromatic nitrogens is 1. The quantitative estimate of drug-likeness (QED) is 0.623. The van der Waals surface area contributed by atoms with Crippen molar-refractivity contribution in [2.75, 3.05) is 24.5 Å². The van der Waals surface area contributed by atoms with Crippen LogP contribution in [0.15, 0.2) is 22.6 Å². The van der Waals surface area contributed by atoms with Crippen LogP contribution < -0.4 is 10.2 Å². The molecular weight excluding hydrogens is 280 g/mol. The highest BCUT2D eigenvalue weighted by atomic mass is 16.6. The van der Waals surface area contributed by atoms with Crippen LogP contribution in [0.3, 0.4) is 0 Å². The Morgan fingerprint density at radius 2 is 2.38 bits per heavy atom. The van der Waals surface area contributed by atoms with Gasteiger partial charge >= 0.3 is 5.97 Å². The minimum Gasteiger partial charge on any atom is -0.480 e. The molecule has 0 amide bonds. The maximum absolute atomic E-state index is 11.0. The van der Waals surface area contributed by atoms with Gasteiger partial charge in [0.25, 0.3) is 11.7 Å². The molecule has 0 spiro atoms. The number of non-ortho nitro benzene ring substituents is 1.